The molecule has 98 valence electrons. The van der Waals surface area contributed by atoms with Gasteiger partial charge < -0.3 is 5.73 Å². The van der Waals surface area contributed by atoms with E-state index in [0.29, 0.717) is 21.7 Å². The van der Waals surface area contributed by atoms with Crippen LogP contribution in [0, 0.1) is 21.7 Å². The Balaban J connectivity index is 2.10. The predicted octanol–water partition coefficient (Wildman–Crippen LogP) is 4.11. The normalized spacial score (nSPS) is 57.5. The molecule has 0 unspecified atom stereocenters. The van der Waals surface area contributed by atoms with E-state index in [0.717, 1.165) is 0 Å². The first kappa shape index (κ1) is 12.0. The van der Waals surface area contributed by atoms with Crippen LogP contribution >= 0.6 is 0 Å². The summed E-state index contributed by atoms with van der Waals surface area (Å²) in [6.07, 6.45) is 8.42. The van der Waals surface area contributed by atoms with Gasteiger partial charge in [-0.25, -0.2) is 0 Å². The van der Waals surface area contributed by atoms with Gasteiger partial charge in [-0.15, -0.1) is 0 Å². The molecular weight excluding hydrogens is 206 g/mol. The lowest BCUT2D eigenvalue weighted by atomic mass is 9.34. The van der Waals surface area contributed by atoms with E-state index < -0.39 is 0 Å². The van der Waals surface area contributed by atoms with Crippen LogP contribution in [0.1, 0.15) is 73.1 Å². The average molecular weight is 235 g/mol. The van der Waals surface area contributed by atoms with Gasteiger partial charge in [0.15, 0.2) is 0 Å². The van der Waals surface area contributed by atoms with Crippen LogP contribution in [0.4, 0.5) is 0 Å². The predicted molar refractivity (Wildman–Crippen MR) is 72.7 cm³/mol. The zero-order chi connectivity index (χ0) is 12.7. The van der Waals surface area contributed by atoms with Crippen molar-refractivity contribution in [2.75, 3.05) is 0 Å². The summed E-state index contributed by atoms with van der Waals surface area (Å²) < 4.78 is 0. The van der Waals surface area contributed by atoms with Gasteiger partial charge >= 0.3 is 0 Å². The van der Waals surface area contributed by atoms with E-state index in [1.54, 1.807) is 0 Å². The second kappa shape index (κ2) is 2.76. The van der Waals surface area contributed by atoms with Crippen molar-refractivity contribution >= 4 is 0 Å². The Bertz CT molecular complexity index is 309. The molecule has 0 aromatic carbocycles. The van der Waals surface area contributed by atoms with E-state index in [2.05, 4.69) is 34.6 Å². The van der Waals surface area contributed by atoms with Crippen LogP contribution in [0.2, 0.25) is 0 Å². The van der Waals surface area contributed by atoms with Crippen molar-refractivity contribution in [3.05, 3.63) is 0 Å². The topological polar surface area (TPSA) is 26.0 Å². The molecule has 0 aromatic rings. The highest BCUT2D eigenvalue weighted by Gasteiger charge is 2.66. The lowest BCUT2D eigenvalue weighted by Gasteiger charge is -2.72. The summed E-state index contributed by atoms with van der Waals surface area (Å²) in [5.41, 5.74) is 8.69. The van der Waals surface area contributed by atoms with E-state index >= 15 is 0 Å². The van der Waals surface area contributed by atoms with Crippen molar-refractivity contribution in [1.29, 1.82) is 0 Å². The fourth-order valence-corrected chi connectivity index (χ4v) is 6.98. The standard InChI is InChI=1S/C16H29N/c1-12(2,17)16-9-13(3)6-14(4,10-16)8-15(5,7-13)11-16/h6-11,17H2,1-5H3. The molecule has 1 nitrogen and oxygen atoms in total. The van der Waals surface area contributed by atoms with Gasteiger partial charge in [0.2, 0.25) is 0 Å². The highest BCUT2D eigenvalue weighted by Crippen LogP contribution is 2.75. The third kappa shape index (κ3) is 1.54. The second-order valence-electron chi connectivity index (χ2n) is 9.49. The third-order valence-corrected chi connectivity index (χ3v) is 6.22. The second-order valence-corrected chi connectivity index (χ2v) is 9.49. The summed E-state index contributed by atoms with van der Waals surface area (Å²) in [6, 6.07) is 0. The Kier molecular flexibility index (Phi) is 1.95. The van der Waals surface area contributed by atoms with E-state index in [1.165, 1.54) is 38.5 Å². The number of hydrogen-bond acceptors (Lipinski definition) is 1. The molecular formula is C16H29N. The van der Waals surface area contributed by atoms with Gasteiger partial charge in [0.05, 0.1) is 0 Å². The van der Waals surface area contributed by atoms with E-state index in [9.17, 15) is 0 Å². The number of nitrogens with two attached hydrogens (primary N) is 1. The number of hydrogen-bond donors (Lipinski definition) is 1. The highest BCUT2D eigenvalue weighted by atomic mass is 14.8. The van der Waals surface area contributed by atoms with Gasteiger partial charge in [-0.2, -0.15) is 0 Å². The first-order valence-corrected chi connectivity index (χ1v) is 7.28. The fourth-order valence-electron chi connectivity index (χ4n) is 6.98. The van der Waals surface area contributed by atoms with E-state index in [4.69, 9.17) is 5.73 Å². The minimum atomic E-state index is -0.0158. The van der Waals surface area contributed by atoms with Gasteiger partial charge in [-0.3, -0.25) is 0 Å². The van der Waals surface area contributed by atoms with Crippen molar-refractivity contribution in [3.8, 4) is 0 Å². The Morgan fingerprint density at radius 2 is 1.00 bits per heavy atom. The van der Waals surface area contributed by atoms with Crippen LogP contribution < -0.4 is 5.73 Å². The molecule has 0 aliphatic heterocycles. The molecule has 4 aliphatic rings. The Morgan fingerprint density at radius 3 is 1.24 bits per heavy atom. The maximum Gasteiger partial charge on any atom is 0.0154 e. The lowest BCUT2D eigenvalue weighted by Crippen LogP contribution is -2.66. The minimum Gasteiger partial charge on any atom is -0.325 e. The van der Waals surface area contributed by atoms with E-state index in [-0.39, 0.29) is 5.54 Å². The monoisotopic (exact) mass is 235 g/mol. The maximum absolute atomic E-state index is 6.61. The molecule has 0 atom stereocenters. The molecule has 17 heavy (non-hydrogen) atoms. The smallest absolute Gasteiger partial charge is 0.0154 e. The Hall–Kier alpha value is -0.0400. The molecule has 0 amide bonds. The molecule has 0 aromatic heterocycles. The van der Waals surface area contributed by atoms with Crippen LogP contribution in [-0.4, -0.2) is 5.54 Å². The van der Waals surface area contributed by atoms with Gasteiger partial charge in [0.25, 0.3) is 0 Å². The molecule has 4 fully saturated rings. The zero-order valence-electron chi connectivity index (χ0n) is 12.3. The summed E-state index contributed by atoms with van der Waals surface area (Å²) in [7, 11) is 0. The van der Waals surface area contributed by atoms with Crippen molar-refractivity contribution in [1.82, 2.24) is 0 Å². The quantitative estimate of drug-likeness (QED) is 0.727. The molecule has 0 radical (unpaired) electrons. The Labute approximate surface area is 107 Å². The molecule has 0 spiro atoms. The summed E-state index contributed by atoms with van der Waals surface area (Å²) in [5.74, 6) is 0. The van der Waals surface area contributed by atoms with Crippen molar-refractivity contribution in [3.63, 3.8) is 0 Å². The van der Waals surface area contributed by atoms with Crippen LogP contribution in [0.3, 0.4) is 0 Å². The fraction of sp³-hybridized carbons (Fsp3) is 1.00. The first-order valence-electron chi connectivity index (χ1n) is 7.28. The van der Waals surface area contributed by atoms with Crippen molar-refractivity contribution < 1.29 is 0 Å². The molecule has 4 rings (SSSR count). The van der Waals surface area contributed by atoms with Crippen LogP contribution in [-0.2, 0) is 0 Å². The molecule has 0 saturated heterocycles. The summed E-state index contributed by atoms with van der Waals surface area (Å²) in [4.78, 5) is 0. The van der Waals surface area contributed by atoms with Gasteiger partial charge in [-0.1, -0.05) is 20.8 Å². The van der Waals surface area contributed by atoms with E-state index in [1.807, 2.05) is 0 Å². The third-order valence-electron chi connectivity index (χ3n) is 6.22. The minimum absolute atomic E-state index is 0.0158. The summed E-state index contributed by atoms with van der Waals surface area (Å²) >= 11 is 0. The molecule has 4 saturated carbocycles. The zero-order valence-corrected chi connectivity index (χ0v) is 12.3. The van der Waals surface area contributed by atoms with Crippen molar-refractivity contribution in [2.24, 2.45) is 27.4 Å². The van der Waals surface area contributed by atoms with Gasteiger partial charge in [0.1, 0.15) is 0 Å². The summed E-state index contributed by atoms with van der Waals surface area (Å²) in [6.45, 7) is 12.1. The Morgan fingerprint density at radius 1 is 0.706 bits per heavy atom. The lowest BCUT2D eigenvalue weighted by molar-refractivity contribution is -0.203. The highest BCUT2D eigenvalue weighted by molar-refractivity contribution is 5.18. The SMILES string of the molecule is CC12CC3(C)CC(C)(C1)CC(C(C)(C)N)(C2)C3. The van der Waals surface area contributed by atoms with Crippen LogP contribution in [0.15, 0.2) is 0 Å². The largest absolute Gasteiger partial charge is 0.325 e. The average Bonchev–Trinajstić information content (AvgIpc) is 1.89. The van der Waals surface area contributed by atoms with Gasteiger partial charge in [0, 0.05) is 5.54 Å². The molecule has 4 aliphatic carbocycles. The molecule has 1 heteroatoms. The van der Waals surface area contributed by atoms with Crippen LogP contribution in [0.5, 0.6) is 0 Å². The molecule has 2 N–H and O–H groups in total. The molecule has 0 heterocycles. The van der Waals surface area contributed by atoms with Crippen LogP contribution in [0.25, 0.3) is 0 Å². The number of rotatable bonds is 1. The van der Waals surface area contributed by atoms with Gasteiger partial charge in [-0.05, 0) is 74.0 Å². The molecule has 4 bridgehead atoms. The summed E-state index contributed by atoms with van der Waals surface area (Å²) in [5, 5.41) is 0. The van der Waals surface area contributed by atoms with Crippen molar-refractivity contribution in [2.45, 2.75) is 78.7 Å². The first-order chi connectivity index (χ1) is 7.49. The maximum atomic E-state index is 6.61.